The molecule has 1 amide bonds. The molecular formula is C22H24ClN5O2S. The Morgan fingerprint density at radius 2 is 1.94 bits per heavy atom. The second kappa shape index (κ2) is 10.5. The zero-order valence-electron chi connectivity index (χ0n) is 17.0. The highest BCUT2D eigenvalue weighted by Gasteiger charge is 2.18. The minimum atomic E-state index is -0.420. The zero-order valence-corrected chi connectivity index (χ0v) is 18.6. The topological polar surface area (TPSA) is 110 Å². The molecule has 0 aliphatic rings. The van der Waals surface area contributed by atoms with E-state index in [1.807, 2.05) is 48.7 Å². The first-order chi connectivity index (χ1) is 14.6. The van der Waals surface area contributed by atoms with Crippen LogP contribution < -0.4 is 11.1 Å². The third kappa shape index (κ3) is 5.46. The molecule has 9 heteroatoms. The van der Waals surface area contributed by atoms with Crippen molar-refractivity contribution in [2.24, 2.45) is 5.73 Å². The van der Waals surface area contributed by atoms with Gasteiger partial charge in [-0.2, -0.15) is 0 Å². The molecule has 4 aromatic rings. The number of hydrogen-bond acceptors (Lipinski definition) is 6. The molecule has 2 aromatic carbocycles. The summed E-state index contributed by atoms with van der Waals surface area (Å²) in [7, 11) is 0. The van der Waals surface area contributed by atoms with Crippen molar-refractivity contribution in [3.8, 4) is 0 Å². The van der Waals surface area contributed by atoms with E-state index in [9.17, 15) is 4.79 Å². The second-order valence-corrected chi connectivity index (χ2v) is 7.85. The molecule has 2 heterocycles. The lowest BCUT2D eigenvalue weighted by molar-refractivity contribution is -0.113. The largest absolute Gasteiger partial charge is 0.414 e. The Morgan fingerprint density at radius 1 is 1.16 bits per heavy atom. The lowest BCUT2D eigenvalue weighted by atomic mass is 10.1. The number of fused-ring (bicyclic) bond motifs is 1. The molecule has 4 rings (SSSR count). The molecule has 0 radical (unpaired) electrons. The Kier molecular flexibility index (Phi) is 7.73. The number of thioether (sulfide) groups is 1. The van der Waals surface area contributed by atoms with Crippen molar-refractivity contribution in [1.82, 2.24) is 15.2 Å². The number of anilines is 1. The van der Waals surface area contributed by atoms with E-state index in [1.54, 1.807) is 0 Å². The van der Waals surface area contributed by atoms with E-state index in [0.29, 0.717) is 17.5 Å². The number of nitrogens with one attached hydrogen (secondary N) is 2. The van der Waals surface area contributed by atoms with Gasteiger partial charge in [-0.15, -0.1) is 22.6 Å². The molecule has 0 saturated heterocycles. The van der Waals surface area contributed by atoms with Crippen molar-refractivity contribution in [1.29, 1.82) is 0 Å². The Hall–Kier alpha value is -2.81. The molecule has 0 aliphatic carbocycles. The van der Waals surface area contributed by atoms with E-state index >= 15 is 0 Å². The average Bonchev–Trinajstić information content (AvgIpc) is 3.40. The third-order valence-corrected chi connectivity index (χ3v) is 5.67. The lowest BCUT2D eigenvalue weighted by Gasteiger charge is -2.08. The minimum Gasteiger partial charge on any atom is -0.414 e. The maximum atomic E-state index is 12.3. The van der Waals surface area contributed by atoms with Crippen LogP contribution in [0.25, 0.3) is 10.9 Å². The summed E-state index contributed by atoms with van der Waals surface area (Å²) in [5, 5.41) is 12.5. The van der Waals surface area contributed by atoms with E-state index < -0.39 is 6.04 Å². The Bertz CT molecular complexity index is 1160. The van der Waals surface area contributed by atoms with Gasteiger partial charge in [-0.1, -0.05) is 55.1 Å². The van der Waals surface area contributed by atoms with Crippen molar-refractivity contribution in [2.45, 2.75) is 31.0 Å². The molecule has 2 aromatic heterocycles. The second-order valence-electron chi connectivity index (χ2n) is 6.92. The van der Waals surface area contributed by atoms with Gasteiger partial charge in [0.2, 0.25) is 11.8 Å². The highest BCUT2D eigenvalue weighted by atomic mass is 35.5. The van der Waals surface area contributed by atoms with Crippen LogP contribution in [0.3, 0.4) is 0 Å². The van der Waals surface area contributed by atoms with Crippen LogP contribution in [0, 0.1) is 0 Å². The zero-order chi connectivity index (χ0) is 20.9. The Balaban J connectivity index is 0.00000272. The van der Waals surface area contributed by atoms with Gasteiger partial charge in [0.05, 0.1) is 11.8 Å². The van der Waals surface area contributed by atoms with E-state index in [2.05, 4.69) is 33.5 Å². The fourth-order valence-electron chi connectivity index (χ4n) is 3.32. The van der Waals surface area contributed by atoms with E-state index in [-0.39, 0.29) is 24.1 Å². The standard InChI is InChI=1S/C22H23N5O2S.ClH/c1-2-14-7-3-5-9-18(14)25-20(28)13-30-22-27-26-21(29-22)17(23)11-15-12-24-19-10-6-4-8-16(15)19;/h3-10,12,17,24H,2,11,13,23H2,1H3,(H,25,28);1H. The van der Waals surface area contributed by atoms with Crippen molar-refractivity contribution in [3.63, 3.8) is 0 Å². The lowest BCUT2D eigenvalue weighted by Crippen LogP contribution is -2.15. The number of H-pyrrole nitrogens is 1. The molecule has 4 N–H and O–H groups in total. The van der Waals surface area contributed by atoms with Crippen molar-refractivity contribution in [3.05, 3.63) is 71.7 Å². The van der Waals surface area contributed by atoms with Gasteiger partial charge in [-0.25, -0.2) is 0 Å². The number of benzene rings is 2. The number of amides is 1. The van der Waals surface area contributed by atoms with Gasteiger partial charge in [0, 0.05) is 22.8 Å². The van der Waals surface area contributed by atoms with Crippen LogP contribution in [0.2, 0.25) is 0 Å². The Labute approximate surface area is 190 Å². The number of nitrogens with zero attached hydrogens (tertiary/aromatic N) is 2. The molecule has 0 bridgehead atoms. The molecule has 0 saturated carbocycles. The SMILES string of the molecule is CCc1ccccc1NC(=O)CSc1nnc(C(N)Cc2c[nH]c3ccccc23)o1.Cl. The highest BCUT2D eigenvalue weighted by molar-refractivity contribution is 7.99. The maximum Gasteiger partial charge on any atom is 0.277 e. The first-order valence-electron chi connectivity index (χ1n) is 9.78. The van der Waals surface area contributed by atoms with Gasteiger partial charge in [-0.05, 0) is 36.1 Å². The number of hydrogen-bond donors (Lipinski definition) is 3. The van der Waals surface area contributed by atoms with E-state index in [1.165, 1.54) is 11.8 Å². The summed E-state index contributed by atoms with van der Waals surface area (Å²) >= 11 is 1.20. The van der Waals surface area contributed by atoms with Crippen LogP contribution in [0.15, 0.2) is 64.4 Å². The summed E-state index contributed by atoms with van der Waals surface area (Å²) in [5.41, 5.74) is 10.4. The minimum absolute atomic E-state index is 0. The van der Waals surface area contributed by atoms with Crippen molar-refractivity contribution < 1.29 is 9.21 Å². The number of para-hydroxylation sites is 2. The molecule has 0 fully saturated rings. The number of aromatic nitrogens is 3. The summed E-state index contributed by atoms with van der Waals surface area (Å²) in [5.74, 6) is 0.417. The summed E-state index contributed by atoms with van der Waals surface area (Å²) in [6.45, 7) is 2.05. The van der Waals surface area contributed by atoms with Gasteiger partial charge < -0.3 is 20.5 Å². The number of halogens is 1. The molecule has 0 spiro atoms. The van der Waals surface area contributed by atoms with Gasteiger partial charge in [-0.3, -0.25) is 4.79 Å². The third-order valence-electron chi connectivity index (χ3n) is 4.85. The number of nitrogens with two attached hydrogens (primary N) is 1. The fraction of sp³-hybridized carbons (Fsp3) is 0.227. The summed E-state index contributed by atoms with van der Waals surface area (Å²) in [6.07, 6.45) is 3.38. The molecule has 1 atom stereocenters. The van der Waals surface area contributed by atoms with Gasteiger partial charge in [0.15, 0.2) is 0 Å². The summed E-state index contributed by atoms with van der Waals surface area (Å²) in [4.78, 5) is 15.5. The molecule has 7 nitrogen and oxygen atoms in total. The monoisotopic (exact) mass is 457 g/mol. The maximum absolute atomic E-state index is 12.3. The predicted molar refractivity (Wildman–Crippen MR) is 126 cm³/mol. The van der Waals surface area contributed by atoms with Gasteiger partial charge in [0.1, 0.15) is 0 Å². The molecular weight excluding hydrogens is 434 g/mol. The van der Waals surface area contributed by atoms with Gasteiger partial charge in [0.25, 0.3) is 5.22 Å². The molecule has 162 valence electrons. The van der Waals surface area contributed by atoms with Gasteiger partial charge >= 0.3 is 0 Å². The fourth-order valence-corrected chi connectivity index (χ4v) is 3.89. The number of carbonyl (C=O) groups is 1. The molecule has 31 heavy (non-hydrogen) atoms. The van der Waals surface area contributed by atoms with E-state index in [4.69, 9.17) is 10.2 Å². The molecule has 1 unspecified atom stereocenters. The first-order valence-corrected chi connectivity index (χ1v) is 10.8. The van der Waals surface area contributed by atoms with Crippen LogP contribution in [0.1, 0.15) is 30.0 Å². The number of aromatic amines is 1. The van der Waals surface area contributed by atoms with Crippen LogP contribution in [0.5, 0.6) is 0 Å². The summed E-state index contributed by atoms with van der Waals surface area (Å²) < 4.78 is 5.68. The Morgan fingerprint density at radius 3 is 2.77 bits per heavy atom. The van der Waals surface area contributed by atoms with E-state index in [0.717, 1.165) is 34.1 Å². The van der Waals surface area contributed by atoms with Crippen molar-refractivity contribution >= 4 is 46.7 Å². The predicted octanol–water partition coefficient (Wildman–Crippen LogP) is 4.51. The molecule has 0 aliphatic heterocycles. The van der Waals surface area contributed by atoms with Crippen LogP contribution in [-0.4, -0.2) is 26.8 Å². The quantitative estimate of drug-likeness (QED) is 0.336. The smallest absolute Gasteiger partial charge is 0.277 e. The average molecular weight is 458 g/mol. The first kappa shape index (κ1) is 22.9. The number of aryl methyl sites for hydroxylation is 1. The van der Waals surface area contributed by atoms with Crippen LogP contribution in [-0.2, 0) is 17.6 Å². The summed E-state index contributed by atoms with van der Waals surface area (Å²) in [6, 6.07) is 15.4. The number of rotatable bonds is 8. The number of carbonyl (C=O) groups excluding carboxylic acids is 1. The highest BCUT2D eigenvalue weighted by Crippen LogP contribution is 2.25. The van der Waals surface area contributed by atoms with Crippen molar-refractivity contribution in [2.75, 3.05) is 11.1 Å². The van der Waals surface area contributed by atoms with Crippen LogP contribution in [0.4, 0.5) is 5.69 Å². The normalized spacial score (nSPS) is 11.8. The van der Waals surface area contributed by atoms with Crippen LogP contribution >= 0.6 is 24.2 Å².